The SMILES string of the molecule is Nc1cccc(Cc2nc(-c3ccc(O)c(F)c3)no2)c1. The van der Waals surface area contributed by atoms with E-state index in [4.69, 9.17) is 15.4 Å². The largest absolute Gasteiger partial charge is 0.505 e. The van der Waals surface area contributed by atoms with Crippen LogP contribution in [0.1, 0.15) is 11.5 Å². The van der Waals surface area contributed by atoms with Crippen molar-refractivity contribution in [3.8, 4) is 17.1 Å². The van der Waals surface area contributed by atoms with E-state index < -0.39 is 11.6 Å². The Hall–Kier alpha value is -2.89. The lowest BCUT2D eigenvalue weighted by molar-refractivity contribution is 0.385. The summed E-state index contributed by atoms with van der Waals surface area (Å²) in [6.07, 6.45) is 0.443. The number of hydrogen-bond acceptors (Lipinski definition) is 5. The molecule has 5 nitrogen and oxygen atoms in total. The van der Waals surface area contributed by atoms with Crippen molar-refractivity contribution in [1.82, 2.24) is 10.1 Å². The summed E-state index contributed by atoms with van der Waals surface area (Å²) in [4.78, 5) is 4.21. The summed E-state index contributed by atoms with van der Waals surface area (Å²) in [6.45, 7) is 0. The van der Waals surface area contributed by atoms with Crippen molar-refractivity contribution in [3.63, 3.8) is 0 Å². The van der Waals surface area contributed by atoms with Crippen LogP contribution in [-0.4, -0.2) is 15.2 Å². The minimum atomic E-state index is -0.727. The molecule has 0 fully saturated rings. The minimum Gasteiger partial charge on any atom is -0.505 e. The summed E-state index contributed by atoms with van der Waals surface area (Å²) in [7, 11) is 0. The normalized spacial score (nSPS) is 10.7. The number of halogens is 1. The van der Waals surface area contributed by atoms with Crippen LogP contribution in [0.25, 0.3) is 11.4 Å². The Bertz CT molecular complexity index is 786. The van der Waals surface area contributed by atoms with Gasteiger partial charge in [0.2, 0.25) is 11.7 Å². The zero-order valence-electron chi connectivity index (χ0n) is 11.0. The maximum atomic E-state index is 13.3. The molecular weight excluding hydrogens is 273 g/mol. The summed E-state index contributed by atoms with van der Waals surface area (Å²) in [5.41, 5.74) is 7.75. The molecule has 0 saturated heterocycles. The molecule has 6 heteroatoms. The molecule has 3 N–H and O–H groups in total. The Balaban J connectivity index is 1.84. The maximum Gasteiger partial charge on any atom is 0.231 e. The molecule has 0 aliphatic heterocycles. The van der Waals surface area contributed by atoms with Gasteiger partial charge in [-0.1, -0.05) is 17.3 Å². The van der Waals surface area contributed by atoms with Gasteiger partial charge in [-0.25, -0.2) is 4.39 Å². The van der Waals surface area contributed by atoms with E-state index in [1.807, 2.05) is 18.2 Å². The molecule has 0 radical (unpaired) electrons. The van der Waals surface area contributed by atoms with Crippen molar-refractivity contribution in [3.05, 3.63) is 59.7 Å². The molecule has 106 valence electrons. The molecule has 0 saturated carbocycles. The van der Waals surface area contributed by atoms with Gasteiger partial charge in [0.25, 0.3) is 0 Å². The highest BCUT2D eigenvalue weighted by atomic mass is 19.1. The van der Waals surface area contributed by atoms with Crippen molar-refractivity contribution in [2.45, 2.75) is 6.42 Å². The van der Waals surface area contributed by atoms with Crippen LogP contribution in [-0.2, 0) is 6.42 Å². The Labute approximate surface area is 119 Å². The van der Waals surface area contributed by atoms with Crippen LogP contribution < -0.4 is 5.73 Å². The molecular formula is C15H12FN3O2. The number of phenolic OH excluding ortho intramolecular Hbond substituents is 1. The van der Waals surface area contributed by atoms with E-state index in [1.54, 1.807) is 6.07 Å². The highest BCUT2D eigenvalue weighted by molar-refractivity contribution is 5.56. The van der Waals surface area contributed by atoms with Gasteiger partial charge in [-0.3, -0.25) is 0 Å². The molecule has 1 heterocycles. The molecule has 2 aromatic carbocycles. The molecule has 0 atom stereocenters. The third-order valence-electron chi connectivity index (χ3n) is 2.98. The quantitative estimate of drug-likeness (QED) is 0.723. The smallest absolute Gasteiger partial charge is 0.231 e. The van der Waals surface area contributed by atoms with Crippen molar-refractivity contribution in [1.29, 1.82) is 0 Å². The summed E-state index contributed by atoms with van der Waals surface area (Å²) >= 11 is 0. The van der Waals surface area contributed by atoms with Crippen molar-refractivity contribution in [2.24, 2.45) is 0 Å². The fourth-order valence-corrected chi connectivity index (χ4v) is 1.97. The highest BCUT2D eigenvalue weighted by Crippen LogP contribution is 2.23. The average Bonchev–Trinajstić information content (AvgIpc) is 2.90. The summed E-state index contributed by atoms with van der Waals surface area (Å²) in [5, 5.41) is 13.0. The molecule has 1 aromatic heterocycles. The minimum absolute atomic E-state index is 0.271. The Morgan fingerprint density at radius 3 is 2.81 bits per heavy atom. The second-order valence-electron chi connectivity index (χ2n) is 4.60. The van der Waals surface area contributed by atoms with Gasteiger partial charge in [0, 0.05) is 11.3 Å². The van der Waals surface area contributed by atoms with Gasteiger partial charge < -0.3 is 15.4 Å². The standard InChI is InChI=1S/C15H12FN3O2/c16-12-8-10(4-5-13(12)20)15-18-14(21-19-15)7-9-2-1-3-11(17)6-9/h1-6,8,20H,7,17H2. The summed E-state index contributed by atoms with van der Waals surface area (Å²) in [6, 6.07) is 11.3. The number of benzene rings is 2. The van der Waals surface area contributed by atoms with E-state index in [-0.39, 0.29) is 5.82 Å². The van der Waals surface area contributed by atoms with Gasteiger partial charge in [-0.05, 0) is 35.9 Å². The lowest BCUT2D eigenvalue weighted by Crippen LogP contribution is -1.91. The van der Waals surface area contributed by atoms with Crippen molar-refractivity contribution >= 4 is 5.69 Å². The predicted molar refractivity (Wildman–Crippen MR) is 75.0 cm³/mol. The van der Waals surface area contributed by atoms with E-state index in [0.717, 1.165) is 11.6 Å². The summed E-state index contributed by atoms with van der Waals surface area (Å²) in [5.74, 6) is -0.464. The first-order valence-electron chi connectivity index (χ1n) is 6.28. The molecule has 0 unspecified atom stereocenters. The molecule has 0 aliphatic carbocycles. The van der Waals surface area contributed by atoms with Crippen LogP contribution in [0.15, 0.2) is 47.0 Å². The topological polar surface area (TPSA) is 85.2 Å². The van der Waals surface area contributed by atoms with Crippen LogP contribution in [0.5, 0.6) is 5.75 Å². The predicted octanol–water partition coefficient (Wildman–Crippen LogP) is 2.75. The van der Waals surface area contributed by atoms with Gasteiger partial charge in [-0.2, -0.15) is 4.98 Å². The third-order valence-corrected chi connectivity index (χ3v) is 2.98. The monoisotopic (exact) mass is 285 g/mol. The fourth-order valence-electron chi connectivity index (χ4n) is 1.97. The number of nitrogens with zero attached hydrogens (tertiary/aromatic N) is 2. The van der Waals surface area contributed by atoms with Crippen LogP contribution in [0, 0.1) is 5.82 Å². The number of hydrogen-bond donors (Lipinski definition) is 2. The number of rotatable bonds is 3. The fraction of sp³-hybridized carbons (Fsp3) is 0.0667. The van der Waals surface area contributed by atoms with E-state index >= 15 is 0 Å². The van der Waals surface area contributed by atoms with E-state index in [0.29, 0.717) is 23.6 Å². The summed E-state index contributed by atoms with van der Waals surface area (Å²) < 4.78 is 18.5. The number of aromatic nitrogens is 2. The second kappa shape index (κ2) is 5.24. The average molecular weight is 285 g/mol. The number of nitrogens with two attached hydrogens (primary N) is 1. The van der Waals surface area contributed by atoms with Crippen LogP contribution >= 0.6 is 0 Å². The first-order chi connectivity index (χ1) is 10.1. The number of phenols is 1. The van der Waals surface area contributed by atoms with Gasteiger partial charge in [0.05, 0.1) is 6.42 Å². The van der Waals surface area contributed by atoms with Crippen LogP contribution in [0.3, 0.4) is 0 Å². The van der Waals surface area contributed by atoms with Crippen molar-refractivity contribution < 1.29 is 14.0 Å². The maximum absolute atomic E-state index is 13.3. The zero-order chi connectivity index (χ0) is 14.8. The lowest BCUT2D eigenvalue weighted by atomic mass is 10.1. The molecule has 0 aliphatic rings. The Kier molecular flexibility index (Phi) is 3.27. The highest BCUT2D eigenvalue weighted by Gasteiger charge is 2.11. The lowest BCUT2D eigenvalue weighted by Gasteiger charge is -1.98. The molecule has 21 heavy (non-hydrogen) atoms. The van der Waals surface area contributed by atoms with Gasteiger partial charge in [0.15, 0.2) is 11.6 Å². The van der Waals surface area contributed by atoms with E-state index in [1.165, 1.54) is 12.1 Å². The molecule has 0 spiro atoms. The zero-order valence-corrected chi connectivity index (χ0v) is 11.0. The van der Waals surface area contributed by atoms with Crippen molar-refractivity contribution in [2.75, 3.05) is 5.73 Å². The first-order valence-corrected chi connectivity index (χ1v) is 6.28. The number of nitrogen functional groups attached to an aromatic ring is 1. The Morgan fingerprint density at radius 2 is 2.05 bits per heavy atom. The Morgan fingerprint density at radius 1 is 1.19 bits per heavy atom. The van der Waals surface area contributed by atoms with E-state index in [2.05, 4.69) is 10.1 Å². The second-order valence-corrected chi connectivity index (χ2v) is 4.60. The molecule has 3 aromatic rings. The third kappa shape index (κ3) is 2.84. The number of anilines is 1. The molecule has 3 rings (SSSR count). The number of aromatic hydroxyl groups is 1. The van der Waals surface area contributed by atoms with Gasteiger partial charge in [-0.15, -0.1) is 0 Å². The van der Waals surface area contributed by atoms with Crippen LogP contribution in [0.2, 0.25) is 0 Å². The van der Waals surface area contributed by atoms with Gasteiger partial charge in [0.1, 0.15) is 0 Å². The van der Waals surface area contributed by atoms with Gasteiger partial charge >= 0.3 is 0 Å². The molecule has 0 bridgehead atoms. The van der Waals surface area contributed by atoms with Crippen LogP contribution in [0.4, 0.5) is 10.1 Å². The first kappa shape index (κ1) is 13.1. The molecule has 0 amide bonds. The van der Waals surface area contributed by atoms with E-state index in [9.17, 15) is 4.39 Å².